The van der Waals surface area contributed by atoms with Crippen molar-refractivity contribution in [1.29, 1.82) is 0 Å². The average Bonchev–Trinajstić information content (AvgIpc) is 2.41. The number of rotatable bonds is 7. The summed E-state index contributed by atoms with van der Waals surface area (Å²) in [6, 6.07) is 1.86. The summed E-state index contributed by atoms with van der Waals surface area (Å²) < 4.78 is 1.35. The molecule has 6 nitrogen and oxygen atoms in total. The molecule has 128 valence electrons. The number of carbonyl (C=O) groups excluding carboxylic acids is 1. The number of carboxylic acid groups (broad SMARTS) is 1. The predicted molar refractivity (Wildman–Crippen MR) is 88.5 cm³/mol. The number of nitrogens with zero attached hydrogens (tertiary/aromatic N) is 1. The summed E-state index contributed by atoms with van der Waals surface area (Å²) in [5.41, 5.74) is -1.23. The fourth-order valence-corrected chi connectivity index (χ4v) is 2.35. The normalized spacial score (nSPS) is 13.0. The molecule has 0 aliphatic rings. The molecule has 0 aliphatic heterocycles. The van der Waals surface area contributed by atoms with Gasteiger partial charge < -0.3 is 15.0 Å². The summed E-state index contributed by atoms with van der Waals surface area (Å²) in [7, 11) is 0. The maximum atomic E-state index is 12.4. The quantitative estimate of drug-likeness (QED) is 0.794. The van der Waals surface area contributed by atoms with Crippen LogP contribution >= 0.6 is 11.6 Å². The average molecular weight is 343 g/mol. The Hall–Kier alpha value is -1.82. The smallest absolute Gasteiger partial charge is 0.326 e. The number of carboxylic acids is 1. The molecule has 0 radical (unpaired) electrons. The van der Waals surface area contributed by atoms with Gasteiger partial charge in [-0.2, -0.15) is 0 Å². The second-order valence-corrected chi connectivity index (χ2v) is 7.13. The van der Waals surface area contributed by atoms with Gasteiger partial charge in [-0.05, 0) is 32.3 Å². The molecule has 1 aromatic rings. The zero-order valence-electron chi connectivity index (χ0n) is 13.8. The molecule has 2 N–H and O–H groups in total. The van der Waals surface area contributed by atoms with Crippen LogP contribution in [0.4, 0.5) is 0 Å². The van der Waals surface area contributed by atoms with E-state index >= 15 is 0 Å². The molecule has 0 saturated heterocycles. The van der Waals surface area contributed by atoms with Gasteiger partial charge in [-0.25, -0.2) is 4.79 Å². The van der Waals surface area contributed by atoms with Crippen LogP contribution in [0.1, 0.15) is 34.1 Å². The van der Waals surface area contributed by atoms with Crippen LogP contribution in [0, 0.1) is 11.3 Å². The molecule has 0 aliphatic carbocycles. The van der Waals surface area contributed by atoms with E-state index in [4.69, 9.17) is 11.6 Å². The molecule has 0 aromatic carbocycles. The van der Waals surface area contributed by atoms with E-state index in [1.54, 1.807) is 13.8 Å². The molecule has 0 bridgehead atoms. The highest BCUT2D eigenvalue weighted by Crippen LogP contribution is 2.19. The summed E-state index contributed by atoms with van der Waals surface area (Å²) in [5.74, 6) is -1.35. The van der Waals surface area contributed by atoms with Gasteiger partial charge in [0.1, 0.15) is 6.04 Å². The van der Waals surface area contributed by atoms with E-state index in [0.29, 0.717) is 11.4 Å². The van der Waals surface area contributed by atoms with E-state index in [9.17, 15) is 19.5 Å². The topological polar surface area (TPSA) is 88.4 Å². The number of aromatic nitrogens is 1. The molecular weight excluding hydrogens is 320 g/mol. The van der Waals surface area contributed by atoms with Gasteiger partial charge in [0.15, 0.2) is 0 Å². The predicted octanol–water partition coefficient (Wildman–Crippen LogP) is 2.14. The van der Waals surface area contributed by atoms with Gasteiger partial charge in [0.05, 0.1) is 10.4 Å². The zero-order valence-corrected chi connectivity index (χ0v) is 14.6. The van der Waals surface area contributed by atoms with E-state index in [1.165, 1.54) is 22.9 Å². The second kappa shape index (κ2) is 7.64. The largest absolute Gasteiger partial charge is 0.480 e. The van der Waals surface area contributed by atoms with Gasteiger partial charge in [0, 0.05) is 18.8 Å². The third kappa shape index (κ3) is 5.71. The first-order chi connectivity index (χ1) is 10.5. The van der Waals surface area contributed by atoms with Crippen LogP contribution in [0.5, 0.6) is 0 Å². The molecule has 1 atom stereocenters. The van der Waals surface area contributed by atoms with Crippen LogP contribution in [0.2, 0.25) is 5.02 Å². The van der Waals surface area contributed by atoms with Crippen molar-refractivity contribution in [3.63, 3.8) is 0 Å². The molecular formula is C16H23ClN2O4. The number of amides is 1. The van der Waals surface area contributed by atoms with Gasteiger partial charge in [-0.1, -0.05) is 25.4 Å². The lowest BCUT2D eigenvalue weighted by molar-refractivity contribution is -0.144. The van der Waals surface area contributed by atoms with Crippen LogP contribution in [0.15, 0.2) is 23.1 Å². The van der Waals surface area contributed by atoms with E-state index in [-0.39, 0.29) is 18.0 Å². The molecule has 1 rings (SSSR count). The first kappa shape index (κ1) is 19.2. The van der Waals surface area contributed by atoms with Crippen LogP contribution in [0.3, 0.4) is 0 Å². The van der Waals surface area contributed by atoms with Crippen molar-refractivity contribution in [2.24, 2.45) is 11.3 Å². The first-order valence-electron chi connectivity index (χ1n) is 7.42. The van der Waals surface area contributed by atoms with Gasteiger partial charge in [-0.3, -0.25) is 9.59 Å². The number of hydrogen-bond donors (Lipinski definition) is 2. The highest BCUT2D eigenvalue weighted by molar-refractivity contribution is 6.30. The number of nitrogens with one attached hydrogen (secondary N) is 1. The number of halogens is 1. The SMILES string of the molecule is CC(C)CC(NC(=O)C(C)(C)Cn1cc(Cl)ccc1=O)C(=O)O. The Kier molecular flexibility index (Phi) is 6.38. The Morgan fingerprint density at radius 1 is 1.35 bits per heavy atom. The van der Waals surface area contributed by atoms with E-state index < -0.39 is 23.3 Å². The number of pyridine rings is 1. The maximum absolute atomic E-state index is 12.4. The maximum Gasteiger partial charge on any atom is 0.326 e. The molecule has 1 amide bonds. The highest BCUT2D eigenvalue weighted by atomic mass is 35.5. The fourth-order valence-electron chi connectivity index (χ4n) is 2.17. The van der Waals surface area contributed by atoms with E-state index in [2.05, 4.69) is 5.32 Å². The molecule has 1 aromatic heterocycles. The van der Waals surface area contributed by atoms with Gasteiger partial charge in [0.2, 0.25) is 5.91 Å². The standard InChI is InChI=1S/C16H23ClN2O4/c1-10(2)7-12(14(21)22)18-15(23)16(3,4)9-19-8-11(17)5-6-13(19)20/h5-6,8,10,12H,7,9H2,1-4H3,(H,18,23)(H,21,22). The van der Waals surface area contributed by atoms with E-state index in [0.717, 1.165) is 0 Å². The summed E-state index contributed by atoms with van der Waals surface area (Å²) in [6.07, 6.45) is 1.80. The molecule has 23 heavy (non-hydrogen) atoms. The molecule has 1 heterocycles. The van der Waals surface area contributed by atoms with Crippen LogP contribution in [-0.2, 0) is 16.1 Å². The van der Waals surface area contributed by atoms with Crippen molar-refractivity contribution in [2.75, 3.05) is 0 Å². The summed E-state index contributed by atoms with van der Waals surface area (Å²) in [6.45, 7) is 7.19. The zero-order chi connectivity index (χ0) is 17.8. The van der Waals surface area contributed by atoms with Crippen molar-refractivity contribution < 1.29 is 14.7 Å². The summed E-state index contributed by atoms with van der Waals surface area (Å²) in [5, 5.41) is 12.2. The first-order valence-corrected chi connectivity index (χ1v) is 7.80. The Balaban J connectivity index is 2.89. The molecule has 1 unspecified atom stereocenters. The minimum Gasteiger partial charge on any atom is -0.480 e. The number of hydrogen-bond acceptors (Lipinski definition) is 3. The summed E-state index contributed by atoms with van der Waals surface area (Å²) in [4.78, 5) is 35.5. The van der Waals surface area contributed by atoms with Crippen molar-refractivity contribution in [2.45, 2.75) is 46.7 Å². The lowest BCUT2D eigenvalue weighted by Crippen LogP contribution is -2.49. The molecule has 0 fully saturated rings. The number of carbonyl (C=O) groups is 2. The molecule has 0 saturated carbocycles. The third-order valence-corrected chi connectivity index (χ3v) is 3.66. The van der Waals surface area contributed by atoms with Crippen molar-refractivity contribution in [3.8, 4) is 0 Å². The van der Waals surface area contributed by atoms with E-state index in [1.807, 2.05) is 13.8 Å². The van der Waals surface area contributed by atoms with Crippen molar-refractivity contribution in [1.82, 2.24) is 9.88 Å². The lowest BCUT2D eigenvalue weighted by Gasteiger charge is -2.27. The summed E-state index contributed by atoms with van der Waals surface area (Å²) >= 11 is 5.87. The minimum atomic E-state index is -1.07. The molecule has 0 spiro atoms. The third-order valence-electron chi connectivity index (χ3n) is 3.44. The molecule has 7 heteroatoms. The van der Waals surface area contributed by atoms with Crippen LogP contribution in [-0.4, -0.2) is 27.6 Å². The van der Waals surface area contributed by atoms with Crippen LogP contribution < -0.4 is 10.9 Å². The lowest BCUT2D eigenvalue weighted by atomic mass is 9.91. The number of aliphatic carboxylic acids is 1. The fraction of sp³-hybridized carbons (Fsp3) is 0.562. The van der Waals surface area contributed by atoms with Gasteiger partial charge in [-0.15, -0.1) is 0 Å². The van der Waals surface area contributed by atoms with Crippen molar-refractivity contribution in [3.05, 3.63) is 33.7 Å². The highest BCUT2D eigenvalue weighted by Gasteiger charge is 2.32. The van der Waals surface area contributed by atoms with Gasteiger partial charge >= 0.3 is 5.97 Å². The Morgan fingerprint density at radius 2 is 1.96 bits per heavy atom. The minimum absolute atomic E-state index is 0.103. The van der Waals surface area contributed by atoms with Crippen LogP contribution in [0.25, 0.3) is 0 Å². The Bertz CT molecular complexity index is 637. The van der Waals surface area contributed by atoms with Gasteiger partial charge in [0.25, 0.3) is 5.56 Å². The second-order valence-electron chi connectivity index (χ2n) is 6.69. The van der Waals surface area contributed by atoms with Crippen molar-refractivity contribution >= 4 is 23.5 Å². The monoisotopic (exact) mass is 342 g/mol. The Labute approximate surface area is 140 Å². The Morgan fingerprint density at radius 3 is 2.48 bits per heavy atom.